The van der Waals surface area contributed by atoms with Crippen molar-refractivity contribution in [1.29, 1.82) is 0 Å². The van der Waals surface area contributed by atoms with Gasteiger partial charge in [-0.1, -0.05) is 67.4 Å². The fourth-order valence-corrected chi connectivity index (χ4v) is 7.14. The molecule has 0 amide bonds. The average Bonchev–Trinajstić information content (AvgIpc) is 2.88. The molecule has 5 rings (SSSR count). The fourth-order valence-electron chi connectivity index (χ4n) is 6.60. The summed E-state index contributed by atoms with van der Waals surface area (Å²) in [5.41, 5.74) is 3.21. The largest absolute Gasteiger partial charge is 0.490 e. The Kier molecular flexibility index (Phi) is 8.58. The minimum absolute atomic E-state index is 0.0829. The Hall–Kier alpha value is -3.10. The number of aliphatic carboxylic acids is 1. The maximum Gasteiger partial charge on any atom is 0.323 e. The van der Waals surface area contributed by atoms with Crippen LogP contribution in [0.4, 0.5) is 0 Å². The number of Topliss-reactive ketones (excluding diaryl/α,β-unsaturated/α-hetero) is 2. The molecular formula is C34H37BrClNO6. The molecule has 0 atom stereocenters. The van der Waals surface area contributed by atoms with E-state index in [0.29, 0.717) is 76.9 Å². The molecule has 2 aromatic carbocycles. The molecule has 0 spiro atoms. The van der Waals surface area contributed by atoms with E-state index in [0.717, 1.165) is 10.0 Å². The second-order valence-corrected chi connectivity index (χ2v) is 14.5. The van der Waals surface area contributed by atoms with Gasteiger partial charge in [-0.3, -0.25) is 14.4 Å². The highest BCUT2D eigenvalue weighted by Crippen LogP contribution is 2.55. The molecule has 0 radical (unpaired) electrons. The molecule has 2 aliphatic carbocycles. The summed E-state index contributed by atoms with van der Waals surface area (Å²) in [5.74, 6) is -1.06. The van der Waals surface area contributed by atoms with E-state index in [1.807, 2.05) is 65.0 Å². The summed E-state index contributed by atoms with van der Waals surface area (Å²) in [6.45, 7) is 10.2. The molecule has 1 N–H and O–H groups in total. The molecule has 2 aromatic rings. The van der Waals surface area contributed by atoms with Crippen LogP contribution in [0.25, 0.3) is 0 Å². The van der Waals surface area contributed by atoms with Crippen LogP contribution in [0.2, 0.25) is 5.02 Å². The molecule has 0 bridgehead atoms. The van der Waals surface area contributed by atoms with Crippen LogP contribution >= 0.6 is 27.5 Å². The van der Waals surface area contributed by atoms with Crippen LogP contribution in [0.1, 0.15) is 77.3 Å². The van der Waals surface area contributed by atoms with Gasteiger partial charge < -0.3 is 19.5 Å². The number of benzene rings is 2. The molecule has 1 heterocycles. The third-order valence-electron chi connectivity index (χ3n) is 8.28. The number of nitrogens with zero attached hydrogens (tertiary/aromatic N) is 1. The lowest BCUT2D eigenvalue weighted by molar-refractivity contribution is -0.138. The highest BCUT2D eigenvalue weighted by atomic mass is 79.9. The van der Waals surface area contributed by atoms with Gasteiger partial charge in [0.25, 0.3) is 0 Å². The predicted molar refractivity (Wildman–Crippen MR) is 168 cm³/mol. The highest BCUT2D eigenvalue weighted by molar-refractivity contribution is 9.10. The van der Waals surface area contributed by atoms with Crippen LogP contribution in [-0.2, 0) is 21.0 Å². The topological polar surface area (TPSA) is 93.1 Å². The zero-order valence-corrected chi connectivity index (χ0v) is 27.5. The lowest BCUT2D eigenvalue weighted by Crippen LogP contribution is -2.45. The minimum atomic E-state index is -1.02. The van der Waals surface area contributed by atoms with Crippen molar-refractivity contribution in [3.63, 3.8) is 0 Å². The Morgan fingerprint density at radius 3 is 2.02 bits per heavy atom. The number of rotatable bonds is 8. The SMILES string of the molecule is CCOc1cc(C2C3=C(CC(C)(C)CC3=O)N(CC(=O)O)C3=C2C(=O)CC(C)(C)C3)cc(Cl)c1OCc1ccc(Br)cc1. The maximum absolute atomic E-state index is 14.0. The van der Waals surface area contributed by atoms with E-state index in [1.165, 1.54) is 0 Å². The first-order chi connectivity index (χ1) is 20.2. The standard InChI is InChI=1S/C34H37BrClNO6/c1-6-42-27-12-20(11-22(36)32(27)43-18-19-7-9-21(35)10-8-19)29-30-23(13-33(2,3)15-25(30)38)37(17-28(40)41)24-14-34(4,5)16-26(39)31(24)29/h7-12,29H,6,13-18H2,1-5H3,(H,40,41). The third-order valence-corrected chi connectivity index (χ3v) is 9.09. The molecule has 0 aromatic heterocycles. The second-order valence-electron chi connectivity index (χ2n) is 13.2. The summed E-state index contributed by atoms with van der Waals surface area (Å²) < 4.78 is 13.1. The van der Waals surface area contributed by atoms with E-state index in [2.05, 4.69) is 15.9 Å². The Balaban J connectivity index is 1.67. The van der Waals surface area contributed by atoms with Crippen LogP contribution in [0, 0.1) is 10.8 Å². The first-order valence-corrected chi connectivity index (χ1v) is 15.7. The number of carbonyl (C=O) groups is 3. The van der Waals surface area contributed by atoms with Crippen molar-refractivity contribution < 1.29 is 29.0 Å². The van der Waals surface area contributed by atoms with Crippen molar-refractivity contribution in [3.8, 4) is 11.5 Å². The summed E-state index contributed by atoms with van der Waals surface area (Å²) >= 11 is 10.3. The first kappa shape index (κ1) is 31.3. The number of carboxylic acid groups (broad SMARTS) is 1. The van der Waals surface area contributed by atoms with E-state index in [-0.39, 0.29) is 35.5 Å². The number of hydrogen-bond donors (Lipinski definition) is 1. The number of ether oxygens (including phenoxy) is 2. The summed E-state index contributed by atoms with van der Waals surface area (Å²) in [7, 11) is 0. The summed E-state index contributed by atoms with van der Waals surface area (Å²) in [6.07, 6.45) is 1.63. The molecule has 228 valence electrons. The number of hydrogen-bond acceptors (Lipinski definition) is 6. The summed E-state index contributed by atoms with van der Waals surface area (Å²) in [5, 5.41) is 10.2. The van der Waals surface area contributed by atoms with Crippen LogP contribution in [0.5, 0.6) is 11.5 Å². The molecule has 0 saturated heterocycles. The van der Waals surface area contributed by atoms with Crippen molar-refractivity contribution in [1.82, 2.24) is 4.90 Å². The Labute approximate surface area is 266 Å². The van der Waals surface area contributed by atoms with Crippen LogP contribution in [-0.4, -0.2) is 40.7 Å². The molecule has 0 unspecified atom stereocenters. The highest BCUT2D eigenvalue weighted by Gasteiger charge is 2.49. The molecule has 7 nitrogen and oxygen atoms in total. The van der Waals surface area contributed by atoms with Crippen molar-refractivity contribution in [2.24, 2.45) is 10.8 Å². The molecular weight excluding hydrogens is 634 g/mol. The summed E-state index contributed by atoms with van der Waals surface area (Å²) in [4.78, 5) is 41.8. The predicted octanol–water partition coefficient (Wildman–Crippen LogP) is 7.85. The summed E-state index contributed by atoms with van der Waals surface area (Å²) in [6, 6.07) is 11.3. The van der Waals surface area contributed by atoms with Gasteiger partial charge in [-0.25, -0.2) is 0 Å². The molecule has 1 aliphatic heterocycles. The molecule has 9 heteroatoms. The van der Waals surface area contributed by atoms with Gasteiger partial charge in [0.05, 0.1) is 11.6 Å². The maximum atomic E-state index is 14.0. The van der Waals surface area contributed by atoms with Gasteiger partial charge in [-0.2, -0.15) is 0 Å². The van der Waals surface area contributed by atoms with E-state index < -0.39 is 11.9 Å². The van der Waals surface area contributed by atoms with Gasteiger partial charge in [0.2, 0.25) is 0 Å². The Morgan fingerprint density at radius 2 is 1.51 bits per heavy atom. The van der Waals surface area contributed by atoms with Gasteiger partial charge in [0, 0.05) is 45.8 Å². The molecule has 3 aliphatic rings. The van der Waals surface area contributed by atoms with Crippen LogP contribution < -0.4 is 9.47 Å². The lowest BCUT2D eigenvalue weighted by atomic mass is 9.63. The number of ketones is 2. The fraction of sp³-hybridized carbons (Fsp3) is 0.441. The smallest absolute Gasteiger partial charge is 0.323 e. The number of allylic oxidation sites excluding steroid dienone is 4. The van der Waals surface area contributed by atoms with Crippen LogP contribution in [0.3, 0.4) is 0 Å². The Morgan fingerprint density at radius 1 is 0.953 bits per heavy atom. The van der Waals surface area contributed by atoms with E-state index >= 15 is 0 Å². The van der Waals surface area contributed by atoms with Gasteiger partial charge in [0.15, 0.2) is 23.1 Å². The quantitative estimate of drug-likeness (QED) is 0.306. The van der Waals surface area contributed by atoms with Gasteiger partial charge in [-0.15, -0.1) is 0 Å². The normalized spacial score (nSPS) is 19.7. The zero-order chi connectivity index (χ0) is 31.3. The molecule has 0 fully saturated rings. The third kappa shape index (κ3) is 6.41. The molecule has 43 heavy (non-hydrogen) atoms. The van der Waals surface area contributed by atoms with Crippen molar-refractivity contribution in [2.45, 2.75) is 72.8 Å². The zero-order valence-electron chi connectivity index (χ0n) is 25.2. The van der Waals surface area contributed by atoms with Gasteiger partial charge in [0.1, 0.15) is 13.2 Å². The van der Waals surface area contributed by atoms with Gasteiger partial charge >= 0.3 is 5.97 Å². The van der Waals surface area contributed by atoms with E-state index in [4.69, 9.17) is 21.1 Å². The van der Waals surface area contributed by atoms with Crippen molar-refractivity contribution in [2.75, 3.05) is 13.2 Å². The average molecular weight is 671 g/mol. The minimum Gasteiger partial charge on any atom is -0.490 e. The van der Waals surface area contributed by atoms with Crippen molar-refractivity contribution in [3.05, 3.63) is 79.6 Å². The first-order valence-electron chi connectivity index (χ1n) is 14.5. The van der Waals surface area contributed by atoms with Crippen molar-refractivity contribution >= 4 is 45.1 Å². The Bertz CT molecular complexity index is 1500. The molecule has 0 saturated carbocycles. The lowest BCUT2D eigenvalue weighted by Gasteiger charge is -2.48. The van der Waals surface area contributed by atoms with E-state index in [1.54, 1.807) is 11.0 Å². The van der Waals surface area contributed by atoms with E-state index in [9.17, 15) is 19.5 Å². The number of carboxylic acids is 1. The monoisotopic (exact) mass is 669 g/mol. The number of carbonyl (C=O) groups excluding carboxylic acids is 2. The van der Waals surface area contributed by atoms with Gasteiger partial charge in [-0.05, 0) is 66.0 Å². The second kappa shape index (κ2) is 11.8. The number of halogens is 2. The van der Waals surface area contributed by atoms with Crippen LogP contribution in [0.15, 0.2) is 63.4 Å².